The molecule has 1 unspecified atom stereocenters. The number of halogens is 1. The predicted octanol–water partition coefficient (Wildman–Crippen LogP) is 3.33. The number of carboxylic acids is 1. The molecule has 1 saturated heterocycles. The van der Waals surface area contributed by atoms with Crippen molar-refractivity contribution < 1.29 is 19.5 Å². The molecule has 140 valence electrons. The first kappa shape index (κ1) is 20.0. The third kappa shape index (κ3) is 4.64. The van der Waals surface area contributed by atoms with E-state index in [0.717, 1.165) is 5.57 Å². The summed E-state index contributed by atoms with van der Waals surface area (Å²) >= 11 is 5.96. The molecule has 7 heteroatoms. The number of carbonyl (C=O) groups excluding carboxylic acids is 2. The molecule has 2 amide bonds. The summed E-state index contributed by atoms with van der Waals surface area (Å²) in [5.74, 6) is -2.09. The van der Waals surface area contributed by atoms with Crippen LogP contribution in [0.1, 0.15) is 33.1 Å². The third-order valence-electron chi connectivity index (χ3n) is 4.60. The van der Waals surface area contributed by atoms with Crippen LogP contribution < -0.4 is 5.32 Å². The predicted molar refractivity (Wildman–Crippen MR) is 100.0 cm³/mol. The standard InChI is InChI=1S/C19H23ClN2O4/c1-3-12(4-2)18-15(8-9-16(23)22(18)11-17(24)25)19(26)21-14-7-5-6-13(20)10-14/h3,5-7,10,15,18H,4,8-9,11H2,1-2H3,(H,21,26)(H,24,25)/b12-3+/t15?,18-/m1/s1. The zero-order chi connectivity index (χ0) is 19.3. The largest absolute Gasteiger partial charge is 0.480 e. The van der Waals surface area contributed by atoms with Gasteiger partial charge in [-0.1, -0.05) is 36.2 Å². The quantitative estimate of drug-likeness (QED) is 0.743. The Morgan fingerprint density at radius 2 is 2.15 bits per heavy atom. The lowest BCUT2D eigenvalue weighted by Gasteiger charge is -2.41. The number of carbonyl (C=O) groups is 3. The topological polar surface area (TPSA) is 86.7 Å². The van der Waals surface area contributed by atoms with E-state index < -0.39 is 24.5 Å². The number of nitrogens with one attached hydrogen (secondary N) is 1. The lowest BCUT2D eigenvalue weighted by molar-refractivity contribution is -0.150. The molecule has 1 aliphatic rings. The highest BCUT2D eigenvalue weighted by Crippen LogP contribution is 2.32. The molecule has 6 nitrogen and oxygen atoms in total. The number of carboxylic acid groups (broad SMARTS) is 1. The smallest absolute Gasteiger partial charge is 0.323 e. The van der Waals surface area contributed by atoms with Gasteiger partial charge < -0.3 is 15.3 Å². The number of amides is 2. The van der Waals surface area contributed by atoms with Crippen LogP contribution in [0.5, 0.6) is 0 Å². The first-order valence-corrected chi connectivity index (χ1v) is 8.98. The van der Waals surface area contributed by atoms with Gasteiger partial charge in [0.25, 0.3) is 0 Å². The first-order chi connectivity index (χ1) is 12.4. The second-order valence-corrected chi connectivity index (χ2v) is 6.66. The SMILES string of the molecule is C/C=C(\CC)[C@@H]1C(C(=O)Nc2cccc(Cl)c2)CCC(=O)N1CC(=O)O. The minimum atomic E-state index is -1.09. The van der Waals surface area contributed by atoms with Crippen molar-refractivity contribution in [3.05, 3.63) is 40.9 Å². The van der Waals surface area contributed by atoms with E-state index in [2.05, 4.69) is 5.32 Å². The van der Waals surface area contributed by atoms with Crippen LogP contribution >= 0.6 is 11.6 Å². The fourth-order valence-corrected chi connectivity index (χ4v) is 3.59. The first-order valence-electron chi connectivity index (χ1n) is 8.60. The summed E-state index contributed by atoms with van der Waals surface area (Å²) in [5.41, 5.74) is 1.45. The van der Waals surface area contributed by atoms with E-state index in [1.54, 1.807) is 24.3 Å². The molecular formula is C19H23ClN2O4. The molecule has 1 aliphatic heterocycles. The molecule has 2 rings (SSSR count). The molecule has 0 radical (unpaired) electrons. The summed E-state index contributed by atoms with van der Waals surface area (Å²) in [4.78, 5) is 37.8. The minimum absolute atomic E-state index is 0.151. The Morgan fingerprint density at radius 1 is 1.42 bits per heavy atom. The highest BCUT2D eigenvalue weighted by molar-refractivity contribution is 6.30. The molecule has 2 N–H and O–H groups in total. The van der Waals surface area contributed by atoms with Gasteiger partial charge in [0.15, 0.2) is 0 Å². The molecule has 0 bridgehead atoms. The van der Waals surface area contributed by atoms with Crippen LogP contribution in [0, 0.1) is 5.92 Å². The molecule has 1 aromatic carbocycles. The molecule has 0 aromatic heterocycles. The number of rotatable bonds is 6. The summed E-state index contributed by atoms with van der Waals surface area (Å²) in [6.07, 6.45) is 3.02. The average Bonchev–Trinajstić information content (AvgIpc) is 2.58. The van der Waals surface area contributed by atoms with Gasteiger partial charge in [-0.25, -0.2) is 0 Å². The Kier molecular flexibility index (Phi) is 6.80. The number of hydrogen-bond donors (Lipinski definition) is 2. The van der Waals surface area contributed by atoms with Gasteiger partial charge in [-0.15, -0.1) is 0 Å². The number of piperidine rings is 1. The molecule has 2 atom stereocenters. The number of likely N-dealkylation sites (tertiary alicyclic amines) is 1. The van der Waals surface area contributed by atoms with Gasteiger partial charge >= 0.3 is 5.97 Å². The number of aliphatic carboxylic acids is 1. The van der Waals surface area contributed by atoms with E-state index in [1.807, 2.05) is 19.9 Å². The normalized spacial score (nSPS) is 20.8. The van der Waals surface area contributed by atoms with Crippen molar-refractivity contribution in [2.45, 2.75) is 39.2 Å². The fraction of sp³-hybridized carbons (Fsp3) is 0.421. The molecular weight excluding hydrogens is 356 g/mol. The molecule has 26 heavy (non-hydrogen) atoms. The van der Waals surface area contributed by atoms with E-state index in [-0.39, 0.29) is 18.2 Å². The van der Waals surface area contributed by atoms with Gasteiger partial charge in [0.1, 0.15) is 6.54 Å². The fourth-order valence-electron chi connectivity index (χ4n) is 3.40. The number of hydrogen-bond acceptors (Lipinski definition) is 3. The van der Waals surface area contributed by atoms with Crippen LogP contribution in [0.2, 0.25) is 5.02 Å². The maximum absolute atomic E-state index is 12.9. The van der Waals surface area contributed by atoms with E-state index in [1.165, 1.54) is 4.90 Å². The minimum Gasteiger partial charge on any atom is -0.480 e. The summed E-state index contributed by atoms with van der Waals surface area (Å²) in [6.45, 7) is 3.35. The molecule has 0 spiro atoms. The second kappa shape index (κ2) is 8.85. The van der Waals surface area contributed by atoms with E-state index in [0.29, 0.717) is 23.6 Å². The van der Waals surface area contributed by atoms with Crippen molar-refractivity contribution in [3.63, 3.8) is 0 Å². The Labute approximate surface area is 157 Å². The van der Waals surface area contributed by atoms with Crippen molar-refractivity contribution in [1.29, 1.82) is 0 Å². The summed E-state index contributed by atoms with van der Waals surface area (Å²) in [5, 5.41) is 12.5. The van der Waals surface area contributed by atoms with Crippen LogP contribution in [0.15, 0.2) is 35.9 Å². The average molecular weight is 379 g/mol. The molecule has 1 aromatic rings. The van der Waals surface area contributed by atoms with Gasteiger partial charge in [-0.05, 0) is 38.0 Å². The van der Waals surface area contributed by atoms with E-state index >= 15 is 0 Å². The zero-order valence-corrected chi connectivity index (χ0v) is 15.6. The Bertz CT molecular complexity index is 732. The second-order valence-electron chi connectivity index (χ2n) is 6.22. The van der Waals surface area contributed by atoms with Crippen molar-refractivity contribution in [3.8, 4) is 0 Å². The van der Waals surface area contributed by atoms with Gasteiger partial charge in [-0.3, -0.25) is 14.4 Å². The van der Waals surface area contributed by atoms with Gasteiger partial charge in [0, 0.05) is 17.1 Å². The number of allylic oxidation sites excluding steroid dienone is 1. The number of benzene rings is 1. The maximum Gasteiger partial charge on any atom is 0.323 e. The highest BCUT2D eigenvalue weighted by Gasteiger charge is 2.41. The zero-order valence-electron chi connectivity index (χ0n) is 14.9. The van der Waals surface area contributed by atoms with E-state index in [4.69, 9.17) is 11.6 Å². The Morgan fingerprint density at radius 3 is 2.73 bits per heavy atom. The summed E-state index contributed by atoms with van der Waals surface area (Å²) < 4.78 is 0. The van der Waals surface area contributed by atoms with E-state index in [9.17, 15) is 19.5 Å². The highest BCUT2D eigenvalue weighted by atomic mass is 35.5. The van der Waals surface area contributed by atoms with Crippen LogP contribution in [-0.4, -0.2) is 40.4 Å². The van der Waals surface area contributed by atoms with Crippen molar-refractivity contribution in [2.75, 3.05) is 11.9 Å². The van der Waals surface area contributed by atoms with Crippen molar-refractivity contribution >= 4 is 35.1 Å². The summed E-state index contributed by atoms with van der Waals surface area (Å²) in [7, 11) is 0. The lowest BCUT2D eigenvalue weighted by atomic mass is 9.82. The maximum atomic E-state index is 12.9. The van der Waals surface area contributed by atoms with Crippen LogP contribution in [0.4, 0.5) is 5.69 Å². The van der Waals surface area contributed by atoms with Crippen molar-refractivity contribution in [2.24, 2.45) is 5.92 Å². The van der Waals surface area contributed by atoms with Gasteiger partial charge in [-0.2, -0.15) is 0 Å². The summed E-state index contributed by atoms with van der Waals surface area (Å²) in [6, 6.07) is 6.27. The van der Waals surface area contributed by atoms with Crippen LogP contribution in [0.3, 0.4) is 0 Å². The Balaban J connectivity index is 2.32. The third-order valence-corrected chi connectivity index (χ3v) is 4.84. The molecule has 1 heterocycles. The Hall–Kier alpha value is -2.34. The van der Waals surface area contributed by atoms with Crippen molar-refractivity contribution in [1.82, 2.24) is 4.90 Å². The molecule has 0 saturated carbocycles. The molecule has 0 aliphatic carbocycles. The number of anilines is 1. The van der Waals surface area contributed by atoms with Gasteiger partial charge in [0.2, 0.25) is 11.8 Å². The van der Waals surface area contributed by atoms with Crippen LogP contribution in [-0.2, 0) is 14.4 Å². The van der Waals surface area contributed by atoms with Gasteiger partial charge in [0.05, 0.1) is 12.0 Å². The molecule has 1 fully saturated rings. The monoisotopic (exact) mass is 378 g/mol. The van der Waals surface area contributed by atoms with Crippen LogP contribution in [0.25, 0.3) is 0 Å². The number of nitrogens with zero attached hydrogens (tertiary/aromatic N) is 1. The lowest BCUT2D eigenvalue weighted by Crippen LogP contribution is -2.54.